The fraction of sp³-hybridized carbons (Fsp3) is 0.367. The normalized spacial score (nSPS) is 18.0. The number of aliphatic hydroxyl groups is 1. The molecule has 9 heteroatoms. The predicted octanol–water partition coefficient (Wildman–Crippen LogP) is 4.74. The van der Waals surface area contributed by atoms with Gasteiger partial charge in [-0.25, -0.2) is 4.98 Å². The van der Waals surface area contributed by atoms with Gasteiger partial charge in [-0.2, -0.15) is 0 Å². The Hall–Kier alpha value is -4.27. The van der Waals surface area contributed by atoms with Gasteiger partial charge < -0.3 is 28.8 Å². The summed E-state index contributed by atoms with van der Waals surface area (Å²) in [5.74, 6) is 0.109. The molecule has 1 aromatic heterocycles. The fourth-order valence-electron chi connectivity index (χ4n) is 4.96. The molecule has 0 spiro atoms. The second-order valence-corrected chi connectivity index (χ2v) is 9.63. The number of carbonyl (C=O) groups is 2. The number of nitrogens with zero attached hydrogens (tertiary/aromatic N) is 3. The molecule has 5 rings (SSSR count). The number of aromatic nitrogens is 2. The summed E-state index contributed by atoms with van der Waals surface area (Å²) < 4.78 is 19.1. The predicted molar refractivity (Wildman–Crippen MR) is 145 cm³/mol. The van der Waals surface area contributed by atoms with Crippen LogP contribution in [0, 0.1) is 0 Å². The van der Waals surface area contributed by atoms with Crippen molar-refractivity contribution in [3.05, 3.63) is 77.9 Å². The molecule has 1 N–H and O–H groups in total. The molecule has 2 aliphatic heterocycles. The van der Waals surface area contributed by atoms with Gasteiger partial charge in [-0.05, 0) is 48.7 Å². The van der Waals surface area contributed by atoms with Crippen molar-refractivity contribution in [2.45, 2.75) is 45.2 Å². The van der Waals surface area contributed by atoms with Crippen LogP contribution in [0.3, 0.4) is 0 Å². The Balaban J connectivity index is 1.49. The van der Waals surface area contributed by atoms with E-state index in [1.54, 1.807) is 35.6 Å². The number of rotatable bonds is 11. The summed E-state index contributed by atoms with van der Waals surface area (Å²) in [5.41, 5.74) is 1.12. The van der Waals surface area contributed by atoms with E-state index in [0.29, 0.717) is 67.7 Å². The molecule has 39 heavy (non-hydrogen) atoms. The first-order valence-corrected chi connectivity index (χ1v) is 13.4. The molecule has 0 saturated carbocycles. The molecule has 1 atom stereocenters. The summed E-state index contributed by atoms with van der Waals surface area (Å²) in [6.07, 6.45) is 8.99. The Morgan fingerprint density at radius 1 is 1.05 bits per heavy atom. The Morgan fingerprint density at radius 2 is 1.90 bits per heavy atom. The summed E-state index contributed by atoms with van der Waals surface area (Å²) >= 11 is 0. The molecule has 9 nitrogen and oxygen atoms in total. The van der Waals surface area contributed by atoms with Crippen LogP contribution in [0.2, 0.25) is 0 Å². The van der Waals surface area contributed by atoms with Gasteiger partial charge >= 0.3 is 0 Å². The highest BCUT2D eigenvalue weighted by Gasteiger charge is 2.46. The number of ether oxygens (including phenoxy) is 3. The minimum absolute atomic E-state index is 0.0439. The van der Waals surface area contributed by atoms with Crippen molar-refractivity contribution >= 4 is 17.4 Å². The van der Waals surface area contributed by atoms with Gasteiger partial charge in [0, 0.05) is 31.0 Å². The SMILES string of the molecule is CCCCCOc1cccc(C2/C(=C(\O)c3ccc4c(c3)OCCO4)C(=O)C(=O)N2CCCn2ccnc2)c1. The maximum atomic E-state index is 13.4. The number of benzene rings is 2. The number of fused-ring (bicyclic) bond motifs is 1. The Kier molecular flexibility index (Phi) is 8.15. The maximum absolute atomic E-state index is 13.4. The van der Waals surface area contributed by atoms with Gasteiger partial charge in [0.1, 0.15) is 24.7 Å². The lowest BCUT2D eigenvalue weighted by atomic mass is 9.95. The zero-order chi connectivity index (χ0) is 27.2. The van der Waals surface area contributed by atoms with Gasteiger partial charge in [0.2, 0.25) is 0 Å². The number of amides is 1. The van der Waals surface area contributed by atoms with Crippen LogP contribution in [0.1, 0.15) is 49.8 Å². The number of imidazole rings is 1. The molecule has 1 saturated heterocycles. The van der Waals surface area contributed by atoms with Gasteiger partial charge in [-0.15, -0.1) is 0 Å². The number of unbranched alkanes of at least 4 members (excludes halogenated alkanes) is 2. The summed E-state index contributed by atoms with van der Waals surface area (Å²) in [5, 5.41) is 11.4. The number of hydrogen-bond acceptors (Lipinski definition) is 7. The van der Waals surface area contributed by atoms with E-state index in [1.165, 1.54) is 0 Å². The summed E-state index contributed by atoms with van der Waals surface area (Å²) in [6, 6.07) is 11.7. The molecule has 1 fully saturated rings. The Labute approximate surface area is 227 Å². The van der Waals surface area contributed by atoms with E-state index in [9.17, 15) is 14.7 Å². The minimum Gasteiger partial charge on any atom is -0.507 e. The average molecular weight is 532 g/mol. The molecule has 3 aromatic rings. The van der Waals surface area contributed by atoms with Crippen LogP contribution in [0.15, 0.2) is 66.8 Å². The lowest BCUT2D eigenvalue weighted by Gasteiger charge is -2.26. The lowest BCUT2D eigenvalue weighted by Crippen LogP contribution is -2.31. The third-order valence-electron chi connectivity index (χ3n) is 6.92. The van der Waals surface area contributed by atoms with Crippen molar-refractivity contribution in [2.24, 2.45) is 0 Å². The van der Waals surface area contributed by atoms with Crippen LogP contribution in [0.5, 0.6) is 17.2 Å². The topological polar surface area (TPSA) is 103 Å². The van der Waals surface area contributed by atoms with Crippen molar-refractivity contribution in [2.75, 3.05) is 26.4 Å². The molecule has 2 aromatic carbocycles. The summed E-state index contributed by atoms with van der Waals surface area (Å²) in [6.45, 7) is 4.52. The van der Waals surface area contributed by atoms with Crippen molar-refractivity contribution in [1.82, 2.24) is 14.5 Å². The smallest absolute Gasteiger partial charge is 0.295 e. The van der Waals surface area contributed by atoms with Crippen LogP contribution in [0.25, 0.3) is 5.76 Å². The fourth-order valence-corrected chi connectivity index (χ4v) is 4.96. The first kappa shape index (κ1) is 26.3. The molecular formula is C30H33N3O6. The Bertz CT molecular complexity index is 1350. The van der Waals surface area contributed by atoms with E-state index < -0.39 is 17.7 Å². The zero-order valence-corrected chi connectivity index (χ0v) is 22.0. The van der Waals surface area contributed by atoms with E-state index in [-0.39, 0.29) is 11.3 Å². The minimum atomic E-state index is -0.764. The molecule has 204 valence electrons. The highest BCUT2D eigenvalue weighted by atomic mass is 16.6. The first-order valence-electron chi connectivity index (χ1n) is 13.4. The second-order valence-electron chi connectivity index (χ2n) is 9.63. The number of ketones is 1. The van der Waals surface area contributed by atoms with E-state index >= 15 is 0 Å². The zero-order valence-electron chi connectivity index (χ0n) is 22.0. The van der Waals surface area contributed by atoms with E-state index in [4.69, 9.17) is 14.2 Å². The monoisotopic (exact) mass is 531 g/mol. The number of likely N-dealkylation sites (tertiary alicyclic amines) is 1. The second kappa shape index (κ2) is 12.1. The van der Waals surface area contributed by atoms with Gasteiger partial charge in [0.05, 0.1) is 24.5 Å². The quantitative estimate of drug-likeness (QED) is 0.165. The number of aryl methyl sites for hydroxylation is 1. The van der Waals surface area contributed by atoms with Crippen molar-refractivity contribution in [3.63, 3.8) is 0 Å². The van der Waals surface area contributed by atoms with E-state index in [1.807, 2.05) is 35.0 Å². The molecule has 2 aliphatic rings. The standard InChI is InChI=1S/C30H33N3O6/c1-2-3-4-15-37-23-8-5-7-21(18-23)27-26(28(34)22-9-10-24-25(19-22)39-17-16-38-24)29(35)30(36)33(27)13-6-12-32-14-11-31-20-32/h5,7-11,14,18-20,27,34H,2-4,6,12-13,15-17H2,1H3/b28-26+. The Morgan fingerprint density at radius 3 is 2.69 bits per heavy atom. The molecule has 1 amide bonds. The lowest BCUT2D eigenvalue weighted by molar-refractivity contribution is -0.139. The van der Waals surface area contributed by atoms with Crippen LogP contribution >= 0.6 is 0 Å². The van der Waals surface area contributed by atoms with E-state index in [0.717, 1.165) is 19.3 Å². The maximum Gasteiger partial charge on any atom is 0.295 e. The molecule has 0 radical (unpaired) electrons. The van der Waals surface area contributed by atoms with E-state index in [2.05, 4.69) is 11.9 Å². The molecule has 3 heterocycles. The van der Waals surface area contributed by atoms with Gasteiger partial charge in [0.15, 0.2) is 11.5 Å². The summed E-state index contributed by atoms with van der Waals surface area (Å²) in [4.78, 5) is 32.3. The third-order valence-corrected chi connectivity index (χ3v) is 6.92. The molecule has 0 aliphatic carbocycles. The third kappa shape index (κ3) is 5.77. The van der Waals surface area contributed by atoms with Gasteiger partial charge in [-0.3, -0.25) is 9.59 Å². The number of Topliss-reactive ketones (excluding diaryl/α,β-unsaturated/α-hetero) is 1. The van der Waals surface area contributed by atoms with Gasteiger partial charge in [0.25, 0.3) is 11.7 Å². The first-order chi connectivity index (χ1) is 19.1. The number of aliphatic hydroxyl groups excluding tert-OH is 1. The van der Waals surface area contributed by atoms with Crippen molar-refractivity contribution in [3.8, 4) is 17.2 Å². The molecule has 1 unspecified atom stereocenters. The highest BCUT2D eigenvalue weighted by molar-refractivity contribution is 6.46. The van der Waals surface area contributed by atoms with Crippen LogP contribution in [-0.2, 0) is 16.1 Å². The van der Waals surface area contributed by atoms with Crippen LogP contribution < -0.4 is 14.2 Å². The highest BCUT2D eigenvalue weighted by Crippen LogP contribution is 2.41. The largest absolute Gasteiger partial charge is 0.507 e. The van der Waals surface area contributed by atoms with Crippen LogP contribution in [0.4, 0.5) is 0 Å². The summed E-state index contributed by atoms with van der Waals surface area (Å²) in [7, 11) is 0. The molecular weight excluding hydrogens is 498 g/mol. The average Bonchev–Trinajstić information content (AvgIpc) is 3.57. The van der Waals surface area contributed by atoms with Crippen molar-refractivity contribution < 1.29 is 28.9 Å². The van der Waals surface area contributed by atoms with Gasteiger partial charge in [-0.1, -0.05) is 31.9 Å². The van der Waals surface area contributed by atoms with Crippen LogP contribution in [-0.4, -0.2) is 57.6 Å². The van der Waals surface area contributed by atoms with Crippen molar-refractivity contribution in [1.29, 1.82) is 0 Å². The number of carbonyl (C=O) groups excluding carboxylic acids is 2. The molecule has 0 bridgehead atoms. The number of hydrogen-bond donors (Lipinski definition) is 1.